The van der Waals surface area contributed by atoms with Crippen LogP contribution in [0.15, 0.2) is 30.3 Å². The van der Waals surface area contributed by atoms with Gasteiger partial charge in [-0.05, 0) is 18.4 Å². The molecule has 26 heavy (non-hydrogen) atoms. The summed E-state index contributed by atoms with van der Waals surface area (Å²) in [5.74, 6) is 1.47. The second-order valence-corrected chi connectivity index (χ2v) is 7.57. The van der Waals surface area contributed by atoms with Crippen LogP contribution in [-0.2, 0) is 22.6 Å². The average Bonchev–Trinajstić information content (AvgIpc) is 3.23. The van der Waals surface area contributed by atoms with Gasteiger partial charge in [-0.1, -0.05) is 50.6 Å². The maximum atomic E-state index is 11.6. The first kappa shape index (κ1) is 18.8. The fraction of sp³-hybridized carbons (Fsp3) is 0.476. The van der Waals surface area contributed by atoms with Crippen molar-refractivity contribution in [1.82, 2.24) is 0 Å². The monoisotopic (exact) mass is 374 g/mol. The van der Waals surface area contributed by atoms with Gasteiger partial charge in [0.15, 0.2) is 11.5 Å². The zero-order chi connectivity index (χ0) is 18.4. The molecule has 2 heterocycles. The second-order valence-electron chi connectivity index (χ2n) is 6.44. The quantitative estimate of drug-likeness (QED) is 0.548. The molecule has 0 amide bonds. The van der Waals surface area contributed by atoms with Crippen LogP contribution in [0.25, 0.3) is 0 Å². The summed E-state index contributed by atoms with van der Waals surface area (Å²) in [6.07, 6.45) is 3.87. The Bertz CT molecular complexity index is 723. The Kier molecular flexibility index (Phi) is 6.56. The molecule has 1 saturated heterocycles. The first-order valence-corrected chi connectivity index (χ1v) is 10.2. The molecule has 1 aliphatic rings. The van der Waals surface area contributed by atoms with Crippen LogP contribution in [0.5, 0.6) is 11.5 Å². The zero-order valence-electron chi connectivity index (χ0n) is 15.5. The lowest BCUT2D eigenvalue weighted by molar-refractivity contribution is -0.141. The maximum absolute atomic E-state index is 11.6. The number of rotatable bonds is 9. The van der Waals surface area contributed by atoms with Crippen molar-refractivity contribution in [2.45, 2.75) is 58.7 Å². The zero-order valence-corrected chi connectivity index (χ0v) is 16.3. The molecule has 1 fully saturated rings. The van der Waals surface area contributed by atoms with Gasteiger partial charge >= 0.3 is 5.97 Å². The van der Waals surface area contributed by atoms with Crippen LogP contribution < -0.4 is 9.47 Å². The van der Waals surface area contributed by atoms with E-state index in [1.165, 1.54) is 4.88 Å². The smallest absolute Gasteiger partial charge is 0.306 e. The number of carbonyl (C=O) groups is 1. The standard InChI is InChI=1S/C21H26O4S/c1-3-8-17-19(23-13-4-2)20(24-14-15-9-6-5-7-10-15)21(26-17)16-11-12-18(22)25-16/h5-7,9-10,16H,3-4,8,11-14H2,1-2H3. The number of ether oxygens (including phenoxy) is 3. The lowest BCUT2D eigenvalue weighted by Crippen LogP contribution is -2.03. The minimum absolute atomic E-state index is 0.134. The van der Waals surface area contributed by atoms with Gasteiger partial charge in [0.05, 0.1) is 16.4 Å². The van der Waals surface area contributed by atoms with E-state index < -0.39 is 0 Å². The molecule has 4 nitrogen and oxygen atoms in total. The van der Waals surface area contributed by atoms with Crippen molar-refractivity contribution in [1.29, 1.82) is 0 Å². The number of esters is 1. The Morgan fingerprint density at radius 3 is 2.58 bits per heavy atom. The van der Waals surface area contributed by atoms with E-state index in [0.717, 1.165) is 41.2 Å². The molecule has 0 radical (unpaired) electrons. The second kappa shape index (κ2) is 9.08. The van der Waals surface area contributed by atoms with Gasteiger partial charge in [-0.25, -0.2) is 0 Å². The number of carbonyl (C=O) groups excluding carboxylic acids is 1. The molecule has 0 bridgehead atoms. The van der Waals surface area contributed by atoms with Crippen molar-refractivity contribution in [3.63, 3.8) is 0 Å². The van der Waals surface area contributed by atoms with Gasteiger partial charge in [-0.3, -0.25) is 4.79 Å². The van der Waals surface area contributed by atoms with E-state index in [0.29, 0.717) is 26.1 Å². The molecular weight excluding hydrogens is 348 g/mol. The third-order valence-corrected chi connectivity index (χ3v) is 5.55. The molecular formula is C21H26O4S. The highest BCUT2D eigenvalue weighted by atomic mass is 32.1. The highest BCUT2D eigenvalue weighted by Gasteiger charge is 2.33. The van der Waals surface area contributed by atoms with E-state index >= 15 is 0 Å². The van der Waals surface area contributed by atoms with Gasteiger partial charge in [0, 0.05) is 12.8 Å². The Morgan fingerprint density at radius 1 is 1.12 bits per heavy atom. The SMILES string of the molecule is CCCOc1c(CCC)sc(C2CCC(=O)O2)c1OCc1ccccc1. The summed E-state index contributed by atoms with van der Waals surface area (Å²) in [6, 6.07) is 10.1. The average molecular weight is 375 g/mol. The molecule has 2 aromatic rings. The van der Waals surface area contributed by atoms with Crippen molar-refractivity contribution < 1.29 is 19.0 Å². The molecule has 140 valence electrons. The minimum Gasteiger partial charge on any atom is -0.489 e. The van der Waals surface area contributed by atoms with E-state index in [-0.39, 0.29) is 12.1 Å². The van der Waals surface area contributed by atoms with Crippen LogP contribution in [0.1, 0.15) is 61.0 Å². The molecule has 1 unspecified atom stereocenters. The Hall–Kier alpha value is -2.01. The summed E-state index contributed by atoms with van der Waals surface area (Å²) in [7, 11) is 0. The van der Waals surface area contributed by atoms with Gasteiger partial charge in [-0.2, -0.15) is 0 Å². The van der Waals surface area contributed by atoms with Crippen molar-refractivity contribution in [2.75, 3.05) is 6.61 Å². The van der Waals surface area contributed by atoms with Crippen LogP contribution in [0.4, 0.5) is 0 Å². The van der Waals surface area contributed by atoms with E-state index in [1.54, 1.807) is 11.3 Å². The molecule has 0 saturated carbocycles. The molecule has 1 aliphatic heterocycles. The molecule has 3 rings (SSSR count). The molecule has 1 aromatic carbocycles. The molecule has 0 spiro atoms. The highest BCUT2D eigenvalue weighted by molar-refractivity contribution is 7.12. The Morgan fingerprint density at radius 2 is 1.92 bits per heavy atom. The third-order valence-electron chi connectivity index (χ3n) is 4.25. The van der Waals surface area contributed by atoms with Gasteiger partial charge in [-0.15, -0.1) is 11.3 Å². The van der Waals surface area contributed by atoms with Crippen molar-refractivity contribution in [2.24, 2.45) is 0 Å². The number of cyclic esters (lactones) is 1. The number of benzene rings is 1. The topological polar surface area (TPSA) is 44.8 Å². The molecule has 1 atom stereocenters. The van der Waals surface area contributed by atoms with E-state index in [4.69, 9.17) is 14.2 Å². The van der Waals surface area contributed by atoms with E-state index in [2.05, 4.69) is 13.8 Å². The minimum atomic E-state index is -0.215. The third kappa shape index (κ3) is 4.39. The summed E-state index contributed by atoms with van der Waals surface area (Å²) in [5.41, 5.74) is 1.10. The Labute approximate surface area is 159 Å². The predicted molar refractivity (Wildman–Crippen MR) is 103 cm³/mol. The lowest BCUT2D eigenvalue weighted by Gasteiger charge is -2.14. The maximum Gasteiger partial charge on any atom is 0.306 e. The van der Waals surface area contributed by atoms with Gasteiger partial charge in [0.1, 0.15) is 12.7 Å². The van der Waals surface area contributed by atoms with E-state index in [9.17, 15) is 4.79 Å². The van der Waals surface area contributed by atoms with Gasteiger partial charge in [0.2, 0.25) is 0 Å². The summed E-state index contributed by atoms with van der Waals surface area (Å²) < 4.78 is 17.8. The molecule has 5 heteroatoms. The summed E-state index contributed by atoms with van der Waals surface area (Å²) in [4.78, 5) is 13.8. The van der Waals surface area contributed by atoms with Crippen LogP contribution in [0, 0.1) is 0 Å². The summed E-state index contributed by atoms with van der Waals surface area (Å²) in [5, 5.41) is 0. The largest absolute Gasteiger partial charge is 0.489 e. The van der Waals surface area contributed by atoms with Crippen molar-refractivity contribution in [3.05, 3.63) is 45.6 Å². The van der Waals surface area contributed by atoms with Crippen LogP contribution in [0.2, 0.25) is 0 Å². The van der Waals surface area contributed by atoms with Crippen LogP contribution in [-0.4, -0.2) is 12.6 Å². The first-order chi connectivity index (χ1) is 12.7. The summed E-state index contributed by atoms with van der Waals surface area (Å²) in [6.45, 7) is 5.37. The number of aryl methyl sites for hydroxylation is 1. The Balaban J connectivity index is 1.91. The van der Waals surface area contributed by atoms with Gasteiger partial charge in [0.25, 0.3) is 0 Å². The van der Waals surface area contributed by atoms with Crippen LogP contribution in [0.3, 0.4) is 0 Å². The fourth-order valence-corrected chi connectivity index (χ4v) is 4.35. The number of hydrogen-bond acceptors (Lipinski definition) is 5. The first-order valence-electron chi connectivity index (χ1n) is 9.37. The summed E-state index contributed by atoms with van der Waals surface area (Å²) >= 11 is 1.67. The molecule has 0 aliphatic carbocycles. The molecule has 0 N–H and O–H groups in total. The normalized spacial score (nSPS) is 16.5. The predicted octanol–water partition coefficient (Wildman–Crippen LogP) is 5.45. The van der Waals surface area contributed by atoms with Gasteiger partial charge < -0.3 is 14.2 Å². The number of hydrogen-bond donors (Lipinski definition) is 0. The van der Waals surface area contributed by atoms with E-state index in [1.807, 2.05) is 30.3 Å². The number of thiophene rings is 1. The van der Waals surface area contributed by atoms with Crippen LogP contribution >= 0.6 is 11.3 Å². The molecule has 1 aromatic heterocycles. The van der Waals surface area contributed by atoms with Crippen molar-refractivity contribution in [3.8, 4) is 11.5 Å². The fourth-order valence-electron chi connectivity index (χ4n) is 2.99. The highest BCUT2D eigenvalue weighted by Crippen LogP contribution is 2.49. The lowest BCUT2D eigenvalue weighted by atomic mass is 10.1. The van der Waals surface area contributed by atoms with Crippen molar-refractivity contribution >= 4 is 17.3 Å².